The Morgan fingerprint density at radius 2 is 1.74 bits per heavy atom. The lowest BCUT2D eigenvalue weighted by Gasteiger charge is -2.32. The first-order chi connectivity index (χ1) is 9.15. The van der Waals surface area contributed by atoms with Gasteiger partial charge in [-0.3, -0.25) is 4.98 Å². The Bertz CT molecular complexity index is 340. The molecule has 19 heavy (non-hydrogen) atoms. The Balaban J connectivity index is 0.000000861. The van der Waals surface area contributed by atoms with Crippen LogP contribution in [0, 0.1) is 6.92 Å². The number of nitrogens with zero attached hydrogens (tertiary/aromatic N) is 2. The quantitative estimate of drug-likeness (QED) is 0.833. The van der Waals surface area contributed by atoms with Gasteiger partial charge in [-0.15, -0.1) is 0 Å². The Hall–Kier alpha value is -1.09. The minimum atomic E-state index is 0.371. The van der Waals surface area contributed by atoms with Gasteiger partial charge in [0.1, 0.15) is 5.75 Å². The molecule has 0 aromatic carbocycles. The molecule has 1 aliphatic carbocycles. The van der Waals surface area contributed by atoms with Gasteiger partial charge in [-0.2, -0.15) is 0 Å². The zero-order valence-electron chi connectivity index (χ0n) is 13.0. The molecule has 1 aliphatic rings. The van der Waals surface area contributed by atoms with E-state index in [2.05, 4.69) is 24.0 Å². The molecule has 1 aromatic heterocycles. The van der Waals surface area contributed by atoms with Crippen molar-refractivity contribution >= 4 is 0 Å². The molecule has 1 fully saturated rings. The van der Waals surface area contributed by atoms with E-state index >= 15 is 0 Å². The monoisotopic (exact) mass is 264 g/mol. The normalized spacial score (nSPS) is 22.6. The molecule has 0 saturated heterocycles. The van der Waals surface area contributed by atoms with Crippen LogP contribution in [0.25, 0.3) is 0 Å². The predicted molar refractivity (Wildman–Crippen MR) is 80.7 cm³/mol. The molecule has 0 aliphatic heterocycles. The van der Waals surface area contributed by atoms with E-state index in [4.69, 9.17) is 4.74 Å². The van der Waals surface area contributed by atoms with Crippen LogP contribution in [-0.2, 0) is 0 Å². The third-order valence-corrected chi connectivity index (χ3v) is 3.56. The van der Waals surface area contributed by atoms with Crippen LogP contribution in [0.15, 0.2) is 18.3 Å². The molecular formula is C16H28N2O. The van der Waals surface area contributed by atoms with Gasteiger partial charge in [0.25, 0.3) is 0 Å². The molecule has 2 rings (SSSR count). The molecule has 0 N–H and O–H groups in total. The van der Waals surface area contributed by atoms with Crippen molar-refractivity contribution in [3.05, 3.63) is 24.0 Å². The molecule has 0 amide bonds. The van der Waals surface area contributed by atoms with E-state index < -0.39 is 0 Å². The third-order valence-electron chi connectivity index (χ3n) is 3.56. The van der Waals surface area contributed by atoms with Gasteiger partial charge in [0.15, 0.2) is 0 Å². The third kappa shape index (κ3) is 5.19. The van der Waals surface area contributed by atoms with Crippen LogP contribution in [0.3, 0.4) is 0 Å². The summed E-state index contributed by atoms with van der Waals surface area (Å²) in [6, 6.07) is 4.74. The lowest BCUT2D eigenvalue weighted by atomic mass is 9.92. The van der Waals surface area contributed by atoms with E-state index in [-0.39, 0.29) is 0 Å². The van der Waals surface area contributed by atoms with Crippen molar-refractivity contribution in [3.8, 4) is 5.75 Å². The Labute approximate surface area is 118 Å². The van der Waals surface area contributed by atoms with Gasteiger partial charge in [0.05, 0.1) is 12.3 Å². The lowest BCUT2D eigenvalue weighted by molar-refractivity contribution is 0.111. The average Bonchev–Trinajstić information content (AvgIpc) is 2.44. The lowest BCUT2D eigenvalue weighted by Crippen LogP contribution is -2.35. The predicted octanol–water partition coefficient (Wildman–Crippen LogP) is 3.67. The highest BCUT2D eigenvalue weighted by Gasteiger charge is 2.23. The molecule has 0 unspecified atom stereocenters. The number of ether oxygens (including phenoxy) is 1. The van der Waals surface area contributed by atoms with Gasteiger partial charge in [0, 0.05) is 11.7 Å². The van der Waals surface area contributed by atoms with Crippen molar-refractivity contribution in [1.29, 1.82) is 0 Å². The molecule has 3 heteroatoms. The highest BCUT2D eigenvalue weighted by atomic mass is 16.5. The van der Waals surface area contributed by atoms with Gasteiger partial charge in [-0.25, -0.2) is 0 Å². The maximum absolute atomic E-state index is 5.96. The van der Waals surface area contributed by atoms with E-state index in [9.17, 15) is 0 Å². The van der Waals surface area contributed by atoms with E-state index in [0.717, 1.165) is 30.3 Å². The summed E-state index contributed by atoms with van der Waals surface area (Å²) >= 11 is 0. The molecule has 1 saturated carbocycles. The zero-order valence-corrected chi connectivity index (χ0v) is 13.0. The van der Waals surface area contributed by atoms with Gasteiger partial charge in [-0.05, 0) is 58.8 Å². The number of hydrogen-bond acceptors (Lipinski definition) is 3. The molecule has 0 bridgehead atoms. The molecule has 0 spiro atoms. The summed E-state index contributed by atoms with van der Waals surface area (Å²) in [4.78, 5) is 6.58. The van der Waals surface area contributed by atoms with Crippen LogP contribution in [-0.4, -0.2) is 36.1 Å². The fraction of sp³-hybridized carbons (Fsp3) is 0.688. The SMILES string of the molecule is CC.Cc1ccc(OC2CCC(N(C)C)CC2)cn1. The topological polar surface area (TPSA) is 25.4 Å². The number of hydrogen-bond donors (Lipinski definition) is 0. The number of rotatable bonds is 3. The summed E-state index contributed by atoms with van der Waals surface area (Å²) in [5.74, 6) is 0.906. The summed E-state index contributed by atoms with van der Waals surface area (Å²) in [5.41, 5.74) is 1.04. The highest BCUT2D eigenvalue weighted by molar-refractivity contribution is 5.19. The van der Waals surface area contributed by atoms with Crippen molar-refractivity contribution in [2.45, 2.75) is 58.6 Å². The van der Waals surface area contributed by atoms with E-state index in [1.54, 1.807) is 0 Å². The van der Waals surface area contributed by atoms with Crippen LogP contribution >= 0.6 is 0 Å². The van der Waals surface area contributed by atoms with Crippen LogP contribution in [0.1, 0.15) is 45.2 Å². The van der Waals surface area contributed by atoms with E-state index in [1.807, 2.05) is 39.1 Å². The number of aromatic nitrogens is 1. The first kappa shape index (κ1) is 16.0. The van der Waals surface area contributed by atoms with Crippen LogP contribution in [0.4, 0.5) is 0 Å². The largest absolute Gasteiger partial charge is 0.489 e. The first-order valence-electron chi connectivity index (χ1n) is 7.41. The van der Waals surface area contributed by atoms with Crippen molar-refractivity contribution in [2.24, 2.45) is 0 Å². The van der Waals surface area contributed by atoms with Crippen LogP contribution in [0.5, 0.6) is 5.75 Å². The van der Waals surface area contributed by atoms with Gasteiger partial charge in [0.2, 0.25) is 0 Å². The second-order valence-corrected chi connectivity index (χ2v) is 5.15. The van der Waals surface area contributed by atoms with E-state index in [0.29, 0.717) is 6.10 Å². The Kier molecular flexibility index (Phi) is 6.85. The fourth-order valence-corrected chi connectivity index (χ4v) is 2.40. The molecule has 0 radical (unpaired) electrons. The molecule has 3 nitrogen and oxygen atoms in total. The van der Waals surface area contributed by atoms with Crippen molar-refractivity contribution in [1.82, 2.24) is 9.88 Å². The second kappa shape index (κ2) is 8.16. The minimum Gasteiger partial charge on any atom is -0.489 e. The maximum Gasteiger partial charge on any atom is 0.138 e. The smallest absolute Gasteiger partial charge is 0.138 e. The molecule has 0 atom stereocenters. The summed E-state index contributed by atoms with van der Waals surface area (Å²) in [6.07, 6.45) is 6.96. The molecular weight excluding hydrogens is 236 g/mol. The molecule has 1 heterocycles. The van der Waals surface area contributed by atoms with Gasteiger partial charge >= 0.3 is 0 Å². The highest BCUT2D eigenvalue weighted by Crippen LogP contribution is 2.25. The number of aryl methyl sites for hydroxylation is 1. The molecule has 108 valence electrons. The summed E-state index contributed by atoms with van der Waals surface area (Å²) in [7, 11) is 4.32. The summed E-state index contributed by atoms with van der Waals surface area (Å²) in [6.45, 7) is 5.99. The standard InChI is InChI=1S/C14H22N2O.C2H6/c1-11-4-7-14(10-15-11)17-13-8-5-12(6-9-13)16(2)3;1-2/h4,7,10,12-13H,5-6,8-9H2,1-3H3;1-2H3. The maximum atomic E-state index is 5.96. The van der Waals surface area contributed by atoms with E-state index in [1.165, 1.54) is 12.8 Å². The first-order valence-corrected chi connectivity index (χ1v) is 7.41. The van der Waals surface area contributed by atoms with Crippen LogP contribution in [0.2, 0.25) is 0 Å². The van der Waals surface area contributed by atoms with Gasteiger partial charge in [-0.1, -0.05) is 13.8 Å². The fourth-order valence-electron chi connectivity index (χ4n) is 2.40. The second-order valence-electron chi connectivity index (χ2n) is 5.15. The Morgan fingerprint density at radius 1 is 1.11 bits per heavy atom. The van der Waals surface area contributed by atoms with Crippen molar-refractivity contribution in [3.63, 3.8) is 0 Å². The van der Waals surface area contributed by atoms with Gasteiger partial charge < -0.3 is 9.64 Å². The summed E-state index contributed by atoms with van der Waals surface area (Å²) in [5, 5.41) is 0. The van der Waals surface area contributed by atoms with Crippen molar-refractivity contribution in [2.75, 3.05) is 14.1 Å². The minimum absolute atomic E-state index is 0.371. The number of pyridine rings is 1. The Morgan fingerprint density at radius 3 is 2.21 bits per heavy atom. The average molecular weight is 264 g/mol. The zero-order chi connectivity index (χ0) is 14.3. The summed E-state index contributed by atoms with van der Waals surface area (Å²) < 4.78 is 5.96. The van der Waals surface area contributed by atoms with Crippen LogP contribution < -0.4 is 4.74 Å². The molecule has 1 aromatic rings. The van der Waals surface area contributed by atoms with Crippen molar-refractivity contribution < 1.29 is 4.74 Å².